The van der Waals surface area contributed by atoms with Crippen LogP contribution in [0.3, 0.4) is 0 Å². The second-order valence-electron chi connectivity index (χ2n) is 4.96. The van der Waals surface area contributed by atoms with Crippen molar-refractivity contribution in [2.24, 2.45) is 5.92 Å². The Labute approximate surface area is 107 Å². The quantitative estimate of drug-likeness (QED) is 0.627. The van der Waals surface area contributed by atoms with Crippen LogP contribution in [0.5, 0.6) is 0 Å². The molecule has 102 valence electrons. The Morgan fingerprint density at radius 1 is 1.44 bits per heavy atom. The predicted octanol–water partition coefficient (Wildman–Crippen LogP) is -0.504. The highest BCUT2D eigenvalue weighted by Crippen LogP contribution is 2.09. The summed E-state index contributed by atoms with van der Waals surface area (Å²) in [5.74, 6) is -0.0842. The highest BCUT2D eigenvalue weighted by Gasteiger charge is 2.35. The lowest BCUT2D eigenvalue weighted by molar-refractivity contribution is -0.137. The number of hydrogen-bond acceptors (Lipinski definition) is 4. The Bertz CT molecular complexity index is 341. The Morgan fingerprint density at radius 2 is 2.11 bits per heavy atom. The van der Waals surface area contributed by atoms with E-state index in [4.69, 9.17) is 0 Å². The van der Waals surface area contributed by atoms with Gasteiger partial charge in [0.05, 0.1) is 19.0 Å². The summed E-state index contributed by atoms with van der Waals surface area (Å²) in [5.41, 5.74) is 0. The number of amides is 3. The minimum atomic E-state index is -0.557. The number of likely N-dealkylation sites (N-methyl/N-ethyl adjacent to an activating group) is 1. The van der Waals surface area contributed by atoms with Crippen LogP contribution in [-0.2, 0) is 14.4 Å². The third-order valence-corrected chi connectivity index (χ3v) is 2.93. The molecule has 18 heavy (non-hydrogen) atoms. The zero-order valence-corrected chi connectivity index (χ0v) is 11.2. The summed E-state index contributed by atoms with van der Waals surface area (Å²) < 4.78 is 0. The minimum absolute atomic E-state index is 0.0651. The number of likely N-dealkylation sites (tertiary alicyclic amines) is 1. The molecule has 1 rings (SSSR count). The van der Waals surface area contributed by atoms with Gasteiger partial charge >= 0.3 is 0 Å². The van der Waals surface area contributed by atoms with Crippen molar-refractivity contribution in [3.8, 4) is 0 Å². The maximum atomic E-state index is 11.5. The molecule has 0 spiro atoms. The van der Waals surface area contributed by atoms with Crippen LogP contribution in [-0.4, -0.2) is 48.8 Å². The van der Waals surface area contributed by atoms with E-state index in [1.807, 2.05) is 0 Å². The fourth-order valence-electron chi connectivity index (χ4n) is 1.69. The van der Waals surface area contributed by atoms with Gasteiger partial charge < -0.3 is 5.32 Å². The highest BCUT2D eigenvalue weighted by molar-refractivity contribution is 6.05. The van der Waals surface area contributed by atoms with Crippen molar-refractivity contribution in [3.63, 3.8) is 0 Å². The number of nitrogens with zero attached hydrogens (tertiary/aromatic N) is 1. The van der Waals surface area contributed by atoms with Gasteiger partial charge in [-0.3, -0.25) is 24.6 Å². The maximum absolute atomic E-state index is 11.5. The van der Waals surface area contributed by atoms with Crippen molar-refractivity contribution in [2.45, 2.75) is 32.7 Å². The first kappa shape index (κ1) is 14.6. The fourth-order valence-corrected chi connectivity index (χ4v) is 1.69. The lowest BCUT2D eigenvalue weighted by Gasteiger charge is -2.11. The molecule has 1 saturated heterocycles. The molecular formula is C12H21N3O3. The van der Waals surface area contributed by atoms with Gasteiger partial charge in [-0.15, -0.1) is 0 Å². The van der Waals surface area contributed by atoms with E-state index in [-0.39, 0.29) is 30.7 Å². The number of carbonyl (C=O) groups excluding carboxylic acids is 3. The molecule has 0 aromatic heterocycles. The summed E-state index contributed by atoms with van der Waals surface area (Å²) in [6, 6.07) is -0.557. The zero-order valence-electron chi connectivity index (χ0n) is 11.2. The largest absolute Gasteiger partial charge is 0.355 e. The van der Waals surface area contributed by atoms with E-state index in [1.165, 1.54) is 7.05 Å². The van der Waals surface area contributed by atoms with Gasteiger partial charge in [-0.2, -0.15) is 0 Å². The van der Waals surface area contributed by atoms with E-state index >= 15 is 0 Å². The fraction of sp³-hybridized carbons (Fsp3) is 0.750. The maximum Gasteiger partial charge on any atom is 0.246 e. The lowest BCUT2D eigenvalue weighted by atomic mass is 10.1. The van der Waals surface area contributed by atoms with Gasteiger partial charge in [-0.25, -0.2) is 0 Å². The van der Waals surface area contributed by atoms with Gasteiger partial charge in [-0.1, -0.05) is 13.8 Å². The third kappa shape index (κ3) is 4.10. The normalized spacial score (nSPS) is 19.8. The van der Waals surface area contributed by atoms with Gasteiger partial charge in [0.1, 0.15) is 0 Å². The number of nitrogens with one attached hydrogen (secondary N) is 2. The molecule has 1 fully saturated rings. The number of carbonyl (C=O) groups is 3. The highest BCUT2D eigenvalue weighted by atomic mass is 16.2. The first-order chi connectivity index (χ1) is 8.41. The third-order valence-electron chi connectivity index (χ3n) is 2.93. The van der Waals surface area contributed by atoms with Crippen LogP contribution in [0.2, 0.25) is 0 Å². The smallest absolute Gasteiger partial charge is 0.246 e. The van der Waals surface area contributed by atoms with Crippen LogP contribution in [0.25, 0.3) is 0 Å². The van der Waals surface area contributed by atoms with Crippen molar-refractivity contribution in [2.75, 3.05) is 20.1 Å². The second-order valence-corrected chi connectivity index (χ2v) is 4.96. The van der Waals surface area contributed by atoms with Crippen molar-refractivity contribution in [1.29, 1.82) is 0 Å². The molecule has 1 heterocycles. The van der Waals surface area contributed by atoms with Gasteiger partial charge in [0.25, 0.3) is 0 Å². The van der Waals surface area contributed by atoms with Crippen LogP contribution in [0.4, 0.5) is 0 Å². The minimum Gasteiger partial charge on any atom is -0.355 e. The second kappa shape index (κ2) is 6.49. The molecule has 1 aliphatic heterocycles. The molecule has 3 amide bonds. The number of imide groups is 1. The van der Waals surface area contributed by atoms with E-state index in [0.29, 0.717) is 12.5 Å². The molecule has 0 radical (unpaired) electrons. The summed E-state index contributed by atoms with van der Waals surface area (Å²) >= 11 is 0. The summed E-state index contributed by atoms with van der Waals surface area (Å²) in [5, 5.41) is 5.57. The summed E-state index contributed by atoms with van der Waals surface area (Å²) in [7, 11) is 1.45. The summed E-state index contributed by atoms with van der Waals surface area (Å²) in [4.78, 5) is 35.4. The van der Waals surface area contributed by atoms with E-state index < -0.39 is 6.04 Å². The van der Waals surface area contributed by atoms with Crippen molar-refractivity contribution in [1.82, 2.24) is 15.5 Å². The average Bonchev–Trinajstić information content (AvgIpc) is 2.54. The van der Waals surface area contributed by atoms with Crippen LogP contribution < -0.4 is 10.6 Å². The standard InChI is InChI=1S/C12H21N3O3/c1-8(2)4-5-13-10(16)7-14-9-6-11(17)15(3)12(9)18/h8-9,14H,4-7H2,1-3H3,(H,13,16). The van der Waals surface area contributed by atoms with Crippen LogP contribution >= 0.6 is 0 Å². The van der Waals surface area contributed by atoms with E-state index in [2.05, 4.69) is 24.5 Å². The molecule has 0 aromatic carbocycles. The van der Waals surface area contributed by atoms with Crippen molar-refractivity contribution < 1.29 is 14.4 Å². The average molecular weight is 255 g/mol. The van der Waals surface area contributed by atoms with Gasteiger partial charge in [0.2, 0.25) is 17.7 Å². The van der Waals surface area contributed by atoms with Crippen LogP contribution in [0.15, 0.2) is 0 Å². The lowest BCUT2D eigenvalue weighted by Crippen LogP contribution is -2.43. The molecule has 0 saturated carbocycles. The molecule has 1 aliphatic rings. The number of rotatable bonds is 6. The van der Waals surface area contributed by atoms with Crippen LogP contribution in [0.1, 0.15) is 26.7 Å². The van der Waals surface area contributed by atoms with E-state index in [0.717, 1.165) is 11.3 Å². The Kier molecular flexibility index (Phi) is 5.27. The topological polar surface area (TPSA) is 78.5 Å². The molecule has 6 nitrogen and oxygen atoms in total. The first-order valence-electron chi connectivity index (χ1n) is 6.22. The van der Waals surface area contributed by atoms with Crippen molar-refractivity contribution >= 4 is 17.7 Å². The first-order valence-corrected chi connectivity index (χ1v) is 6.22. The van der Waals surface area contributed by atoms with Gasteiger partial charge in [0.15, 0.2) is 0 Å². The molecule has 0 aliphatic carbocycles. The molecule has 1 atom stereocenters. The van der Waals surface area contributed by atoms with Gasteiger partial charge in [-0.05, 0) is 12.3 Å². The predicted molar refractivity (Wildman–Crippen MR) is 66.6 cm³/mol. The molecule has 6 heteroatoms. The van der Waals surface area contributed by atoms with Crippen molar-refractivity contribution in [3.05, 3.63) is 0 Å². The summed E-state index contributed by atoms with van der Waals surface area (Å²) in [6.45, 7) is 4.87. The van der Waals surface area contributed by atoms with Crippen LogP contribution in [0, 0.1) is 5.92 Å². The molecular weight excluding hydrogens is 234 g/mol. The monoisotopic (exact) mass is 255 g/mol. The number of hydrogen-bond donors (Lipinski definition) is 2. The SMILES string of the molecule is CC(C)CCNC(=O)CNC1CC(=O)N(C)C1=O. The Balaban J connectivity index is 2.23. The molecule has 1 unspecified atom stereocenters. The van der Waals surface area contributed by atoms with Gasteiger partial charge in [0, 0.05) is 13.6 Å². The zero-order chi connectivity index (χ0) is 13.7. The molecule has 0 aromatic rings. The molecule has 0 bridgehead atoms. The van der Waals surface area contributed by atoms with E-state index in [1.54, 1.807) is 0 Å². The summed E-state index contributed by atoms with van der Waals surface area (Å²) in [6.07, 6.45) is 1.06. The Hall–Kier alpha value is -1.43. The molecule has 2 N–H and O–H groups in total. The Morgan fingerprint density at radius 3 is 2.61 bits per heavy atom. The van der Waals surface area contributed by atoms with E-state index in [9.17, 15) is 14.4 Å².